The number of rotatable bonds is 5. The van der Waals surface area contributed by atoms with Gasteiger partial charge in [-0.25, -0.2) is 4.98 Å². The van der Waals surface area contributed by atoms with Gasteiger partial charge >= 0.3 is 5.97 Å². The molecule has 3 rings (SSSR count). The number of H-pyrrole nitrogens is 1. The number of aromatic nitrogens is 2. The number of hydrogen-bond donors (Lipinski definition) is 1. The predicted molar refractivity (Wildman–Crippen MR) is 88.3 cm³/mol. The van der Waals surface area contributed by atoms with Crippen LogP contribution in [-0.2, 0) is 16.0 Å². The molecule has 5 heteroatoms. The first-order chi connectivity index (χ1) is 11.2. The molecule has 1 heterocycles. The van der Waals surface area contributed by atoms with Gasteiger partial charge in [0.25, 0.3) is 5.56 Å². The number of carbonyl (C=O) groups is 1. The molecule has 0 atom stereocenters. The van der Waals surface area contributed by atoms with Crippen molar-refractivity contribution in [2.75, 3.05) is 0 Å². The molecule has 0 amide bonds. The highest BCUT2D eigenvalue weighted by molar-refractivity contribution is 5.77. The summed E-state index contributed by atoms with van der Waals surface area (Å²) in [4.78, 5) is 31.1. The average molecular weight is 314 g/mol. The molecule has 0 saturated heterocycles. The lowest BCUT2D eigenvalue weighted by molar-refractivity contribution is -0.150. The molecule has 122 valence electrons. The Morgan fingerprint density at radius 2 is 2.00 bits per heavy atom. The zero-order valence-corrected chi connectivity index (χ0v) is 13.2. The standard InChI is InChI=1S/C18H22N2O3/c21-17(23-13-7-2-1-3-8-13)12-6-11-16-19-15-10-5-4-9-14(15)18(22)20-16/h4-5,9-10,13H,1-3,6-8,11-12H2,(H,19,20,22). The topological polar surface area (TPSA) is 72.0 Å². The van der Waals surface area contributed by atoms with Crippen molar-refractivity contribution >= 4 is 16.9 Å². The molecular weight excluding hydrogens is 292 g/mol. The van der Waals surface area contributed by atoms with Gasteiger partial charge in [-0.1, -0.05) is 18.6 Å². The summed E-state index contributed by atoms with van der Waals surface area (Å²) in [5.74, 6) is 0.485. The number of ether oxygens (including phenoxy) is 1. The lowest BCUT2D eigenvalue weighted by Crippen LogP contribution is -2.21. The Labute approximate surface area is 135 Å². The molecule has 1 aliphatic carbocycles. The number of nitrogens with zero attached hydrogens (tertiary/aromatic N) is 1. The van der Waals surface area contributed by atoms with Crippen molar-refractivity contribution in [3.8, 4) is 0 Å². The van der Waals surface area contributed by atoms with Gasteiger partial charge in [0, 0.05) is 12.8 Å². The Hall–Kier alpha value is -2.17. The summed E-state index contributed by atoms with van der Waals surface area (Å²) in [6.07, 6.45) is 7.21. The Morgan fingerprint density at radius 1 is 1.22 bits per heavy atom. The van der Waals surface area contributed by atoms with Crippen LogP contribution in [0.1, 0.15) is 50.8 Å². The zero-order chi connectivity index (χ0) is 16.1. The molecular formula is C18H22N2O3. The number of esters is 1. The zero-order valence-electron chi connectivity index (χ0n) is 13.2. The van der Waals surface area contributed by atoms with E-state index >= 15 is 0 Å². The van der Waals surface area contributed by atoms with Crippen molar-refractivity contribution in [1.29, 1.82) is 0 Å². The van der Waals surface area contributed by atoms with Crippen LogP contribution in [0.15, 0.2) is 29.1 Å². The van der Waals surface area contributed by atoms with Crippen LogP contribution in [-0.4, -0.2) is 22.0 Å². The second-order valence-electron chi connectivity index (χ2n) is 6.13. The van der Waals surface area contributed by atoms with Crippen LogP contribution >= 0.6 is 0 Å². The van der Waals surface area contributed by atoms with Gasteiger partial charge in [0.05, 0.1) is 10.9 Å². The van der Waals surface area contributed by atoms with Gasteiger partial charge in [-0.05, 0) is 44.2 Å². The largest absolute Gasteiger partial charge is 0.462 e. The van der Waals surface area contributed by atoms with E-state index in [1.165, 1.54) is 6.42 Å². The van der Waals surface area contributed by atoms with Crippen LogP contribution in [0.2, 0.25) is 0 Å². The van der Waals surface area contributed by atoms with Crippen molar-refractivity contribution in [1.82, 2.24) is 9.97 Å². The third-order valence-corrected chi connectivity index (χ3v) is 4.31. The molecule has 0 unspecified atom stereocenters. The molecule has 23 heavy (non-hydrogen) atoms. The van der Waals surface area contributed by atoms with Gasteiger partial charge in [-0.2, -0.15) is 0 Å². The summed E-state index contributed by atoms with van der Waals surface area (Å²) in [5, 5.41) is 0.591. The van der Waals surface area contributed by atoms with Gasteiger partial charge in [0.15, 0.2) is 0 Å². The lowest BCUT2D eigenvalue weighted by atomic mass is 9.98. The maximum absolute atomic E-state index is 12.0. The van der Waals surface area contributed by atoms with E-state index in [4.69, 9.17) is 4.74 Å². The summed E-state index contributed by atoms with van der Waals surface area (Å²) < 4.78 is 5.49. The summed E-state index contributed by atoms with van der Waals surface area (Å²) in [7, 11) is 0. The molecule has 1 saturated carbocycles. The maximum atomic E-state index is 12.0. The van der Waals surface area contributed by atoms with Crippen molar-refractivity contribution < 1.29 is 9.53 Å². The number of carbonyl (C=O) groups excluding carboxylic acids is 1. The van der Waals surface area contributed by atoms with Crippen LogP contribution in [0.25, 0.3) is 10.9 Å². The molecule has 0 spiro atoms. The number of fused-ring (bicyclic) bond motifs is 1. The second kappa shape index (κ2) is 7.40. The van der Waals surface area contributed by atoms with E-state index in [2.05, 4.69) is 9.97 Å². The summed E-state index contributed by atoms with van der Waals surface area (Å²) in [6, 6.07) is 7.26. The highest BCUT2D eigenvalue weighted by Crippen LogP contribution is 2.20. The van der Waals surface area contributed by atoms with E-state index in [-0.39, 0.29) is 17.6 Å². The smallest absolute Gasteiger partial charge is 0.306 e. The van der Waals surface area contributed by atoms with Gasteiger partial charge in [0.2, 0.25) is 0 Å². The van der Waals surface area contributed by atoms with Crippen LogP contribution in [0.5, 0.6) is 0 Å². The van der Waals surface area contributed by atoms with Crippen molar-refractivity contribution in [2.45, 2.75) is 57.5 Å². The normalized spacial score (nSPS) is 15.7. The Morgan fingerprint density at radius 3 is 2.83 bits per heavy atom. The summed E-state index contributed by atoms with van der Waals surface area (Å²) >= 11 is 0. The van der Waals surface area contributed by atoms with Crippen LogP contribution in [0, 0.1) is 0 Å². The van der Waals surface area contributed by atoms with Crippen molar-refractivity contribution in [3.63, 3.8) is 0 Å². The van der Waals surface area contributed by atoms with E-state index in [0.717, 1.165) is 25.7 Å². The number of hydrogen-bond acceptors (Lipinski definition) is 4. The fourth-order valence-electron chi connectivity index (χ4n) is 3.08. The minimum atomic E-state index is -0.139. The second-order valence-corrected chi connectivity index (χ2v) is 6.13. The fraction of sp³-hybridized carbons (Fsp3) is 0.500. The minimum absolute atomic E-state index is 0.106. The third-order valence-electron chi connectivity index (χ3n) is 4.31. The molecule has 1 aromatic heterocycles. The van der Waals surface area contributed by atoms with E-state index in [0.29, 0.717) is 36.0 Å². The first-order valence-corrected chi connectivity index (χ1v) is 8.40. The molecule has 1 fully saturated rings. The van der Waals surface area contributed by atoms with E-state index < -0.39 is 0 Å². The highest BCUT2D eigenvalue weighted by atomic mass is 16.5. The molecule has 0 aliphatic heterocycles. The molecule has 1 aromatic carbocycles. The Balaban J connectivity index is 1.52. The average Bonchev–Trinajstić information content (AvgIpc) is 2.56. The maximum Gasteiger partial charge on any atom is 0.306 e. The number of nitrogens with one attached hydrogen (secondary N) is 1. The first kappa shape index (κ1) is 15.7. The summed E-state index contributed by atoms with van der Waals surface area (Å²) in [6.45, 7) is 0. The van der Waals surface area contributed by atoms with E-state index in [1.807, 2.05) is 18.2 Å². The third kappa shape index (κ3) is 4.18. The van der Waals surface area contributed by atoms with Crippen LogP contribution < -0.4 is 5.56 Å². The van der Waals surface area contributed by atoms with Gasteiger partial charge < -0.3 is 9.72 Å². The highest BCUT2D eigenvalue weighted by Gasteiger charge is 2.17. The first-order valence-electron chi connectivity index (χ1n) is 8.40. The van der Waals surface area contributed by atoms with Crippen LogP contribution in [0.4, 0.5) is 0 Å². The molecule has 0 radical (unpaired) electrons. The number of benzene rings is 1. The van der Waals surface area contributed by atoms with Gasteiger partial charge in [-0.15, -0.1) is 0 Å². The van der Waals surface area contributed by atoms with Crippen LogP contribution in [0.3, 0.4) is 0 Å². The predicted octanol–water partition coefficient (Wildman–Crippen LogP) is 3.12. The van der Waals surface area contributed by atoms with Gasteiger partial charge in [0.1, 0.15) is 11.9 Å². The number of aromatic amines is 1. The number of aryl methyl sites for hydroxylation is 1. The lowest BCUT2D eigenvalue weighted by Gasteiger charge is -2.21. The molecule has 2 aromatic rings. The molecule has 1 aliphatic rings. The molecule has 5 nitrogen and oxygen atoms in total. The monoisotopic (exact) mass is 314 g/mol. The Kier molecular flexibility index (Phi) is 5.05. The summed E-state index contributed by atoms with van der Waals surface area (Å²) in [5.41, 5.74) is 0.561. The fourth-order valence-corrected chi connectivity index (χ4v) is 3.08. The SMILES string of the molecule is O=C(CCCc1nc2ccccc2c(=O)[nH]1)OC1CCCCC1. The van der Waals surface area contributed by atoms with Crippen molar-refractivity contribution in [3.05, 3.63) is 40.4 Å². The van der Waals surface area contributed by atoms with Gasteiger partial charge in [-0.3, -0.25) is 9.59 Å². The van der Waals surface area contributed by atoms with E-state index in [9.17, 15) is 9.59 Å². The van der Waals surface area contributed by atoms with Crippen molar-refractivity contribution in [2.24, 2.45) is 0 Å². The quantitative estimate of drug-likeness (QED) is 0.861. The minimum Gasteiger partial charge on any atom is -0.462 e. The molecule has 0 bridgehead atoms. The van der Waals surface area contributed by atoms with E-state index in [1.54, 1.807) is 6.07 Å². The molecule has 1 N–H and O–H groups in total. The number of para-hydroxylation sites is 1. The Bertz CT molecular complexity index is 732.